The molecule has 0 atom stereocenters. The summed E-state index contributed by atoms with van der Waals surface area (Å²) in [5.41, 5.74) is 0.302. The Bertz CT molecular complexity index is 283. The van der Waals surface area contributed by atoms with E-state index in [4.69, 9.17) is 0 Å². The molecule has 0 amide bonds. The van der Waals surface area contributed by atoms with Gasteiger partial charge in [-0.15, -0.1) is 0 Å². The quantitative estimate of drug-likeness (QED) is 0.456. The summed E-state index contributed by atoms with van der Waals surface area (Å²) >= 11 is 0. The van der Waals surface area contributed by atoms with Crippen molar-refractivity contribution < 1.29 is 9.59 Å². The van der Waals surface area contributed by atoms with E-state index in [2.05, 4.69) is 30.8 Å². The molecule has 0 fully saturated rings. The van der Waals surface area contributed by atoms with Crippen LogP contribution < -0.4 is 0 Å². The van der Waals surface area contributed by atoms with E-state index in [0.717, 1.165) is 12.8 Å². The molecule has 0 aromatic heterocycles. The SMILES string of the molecule is CCCCC(C)(C)CCCC(N=C=O)N=C=O. The molecule has 0 aliphatic rings. The van der Waals surface area contributed by atoms with Crippen LogP contribution >= 0.6 is 0 Å². The van der Waals surface area contributed by atoms with E-state index in [9.17, 15) is 9.59 Å². The smallest absolute Gasteiger partial charge is 0.211 e. The topological polar surface area (TPSA) is 58.9 Å². The minimum Gasteiger partial charge on any atom is -0.211 e. The largest absolute Gasteiger partial charge is 0.237 e. The van der Waals surface area contributed by atoms with Crippen LogP contribution in [0.1, 0.15) is 59.3 Å². The third-order valence-electron chi connectivity index (χ3n) is 2.93. The number of hydrogen-bond donors (Lipinski definition) is 0. The molecule has 4 nitrogen and oxygen atoms in total. The van der Waals surface area contributed by atoms with Gasteiger partial charge >= 0.3 is 0 Å². The van der Waals surface area contributed by atoms with Crippen LogP contribution in [0.25, 0.3) is 0 Å². The van der Waals surface area contributed by atoms with Crippen LogP contribution in [0.2, 0.25) is 0 Å². The van der Waals surface area contributed by atoms with E-state index >= 15 is 0 Å². The highest BCUT2D eigenvalue weighted by Crippen LogP contribution is 2.29. The molecule has 0 radical (unpaired) electrons. The summed E-state index contributed by atoms with van der Waals surface area (Å²) in [5, 5.41) is 0. The molecule has 0 unspecified atom stereocenters. The Morgan fingerprint density at radius 2 is 1.59 bits per heavy atom. The van der Waals surface area contributed by atoms with Crippen LogP contribution in [-0.4, -0.2) is 18.3 Å². The summed E-state index contributed by atoms with van der Waals surface area (Å²) < 4.78 is 0. The van der Waals surface area contributed by atoms with Gasteiger partial charge in [-0.05, 0) is 31.1 Å². The van der Waals surface area contributed by atoms with Gasteiger partial charge in [0.2, 0.25) is 12.2 Å². The van der Waals surface area contributed by atoms with Crippen LogP contribution in [0.3, 0.4) is 0 Å². The van der Waals surface area contributed by atoms with Gasteiger partial charge in [-0.3, -0.25) is 0 Å². The highest BCUT2D eigenvalue weighted by atomic mass is 16.1. The fourth-order valence-corrected chi connectivity index (χ4v) is 1.82. The van der Waals surface area contributed by atoms with Crippen molar-refractivity contribution >= 4 is 12.2 Å². The molecule has 0 heterocycles. The summed E-state index contributed by atoms with van der Waals surface area (Å²) in [6.45, 7) is 6.66. The Hall–Kier alpha value is -1.24. The lowest BCUT2D eigenvalue weighted by atomic mass is 9.82. The zero-order chi connectivity index (χ0) is 13.1. The maximum absolute atomic E-state index is 10.1. The number of nitrogens with zero attached hydrogens (tertiary/aromatic N) is 2. The lowest BCUT2D eigenvalue weighted by molar-refractivity contribution is 0.284. The van der Waals surface area contributed by atoms with Crippen molar-refractivity contribution in [2.45, 2.75) is 65.5 Å². The number of carbonyl (C=O) groups excluding carboxylic acids is 2. The first-order valence-corrected chi connectivity index (χ1v) is 6.19. The molecule has 96 valence electrons. The molecule has 0 aliphatic heterocycles. The van der Waals surface area contributed by atoms with Crippen LogP contribution in [0, 0.1) is 5.41 Å². The maximum Gasteiger partial charge on any atom is 0.237 e. The zero-order valence-corrected chi connectivity index (χ0v) is 11.0. The fourth-order valence-electron chi connectivity index (χ4n) is 1.82. The molecule has 0 spiro atoms. The Labute approximate surface area is 103 Å². The number of hydrogen-bond acceptors (Lipinski definition) is 4. The highest BCUT2D eigenvalue weighted by molar-refractivity contribution is 5.36. The molecule has 0 aromatic rings. The molecule has 0 saturated heterocycles. The molecular formula is C13H22N2O2. The summed E-state index contributed by atoms with van der Waals surface area (Å²) in [5.74, 6) is 0. The fraction of sp³-hybridized carbons (Fsp3) is 0.846. The predicted molar refractivity (Wildman–Crippen MR) is 67.2 cm³/mol. The Morgan fingerprint density at radius 1 is 1.06 bits per heavy atom. The molecule has 0 aliphatic carbocycles. The van der Waals surface area contributed by atoms with Crippen LogP contribution in [0.4, 0.5) is 0 Å². The van der Waals surface area contributed by atoms with Crippen LogP contribution in [0.5, 0.6) is 0 Å². The summed E-state index contributed by atoms with van der Waals surface area (Å²) in [6.07, 6.45) is 8.48. The van der Waals surface area contributed by atoms with Crippen molar-refractivity contribution in [2.24, 2.45) is 15.4 Å². The van der Waals surface area contributed by atoms with Crippen LogP contribution in [-0.2, 0) is 9.59 Å². The molecule has 0 saturated carbocycles. The van der Waals surface area contributed by atoms with Crippen molar-refractivity contribution in [3.63, 3.8) is 0 Å². The van der Waals surface area contributed by atoms with Gasteiger partial charge in [0, 0.05) is 0 Å². The third kappa shape index (κ3) is 8.56. The van der Waals surface area contributed by atoms with E-state index in [1.54, 1.807) is 0 Å². The second-order valence-corrected chi connectivity index (χ2v) is 5.08. The van der Waals surface area contributed by atoms with Crippen molar-refractivity contribution in [2.75, 3.05) is 0 Å². The molecule has 0 aromatic carbocycles. The predicted octanol–water partition coefficient (Wildman–Crippen LogP) is 3.37. The van der Waals surface area contributed by atoms with E-state index in [0.29, 0.717) is 11.8 Å². The lowest BCUT2D eigenvalue weighted by Crippen LogP contribution is -2.12. The molecule has 17 heavy (non-hydrogen) atoms. The van der Waals surface area contributed by atoms with Gasteiger partial charge in [0.1, 0.15) is 0 Å². The molecule has 0 bridgehead atoms. The molecule has 0 N–H and O–H groups in total. The number of rotatable bonds is 9. The third-order valence-corrected chi connectivity index (χ3v) is 2.93. The Kier molecular flexibility index (Phi) is 8.21. The van der Waals surface area contributed by atoms with Crippen molar-refractivity contribution in [1.29, 1.82) is 0 Å². The first-order chi connectivity index (χ1) is 8.05. The monoisotopic (exact) mass is 238 g/mol. The Morgan fingerprint density at radius 3 is 2.06 bits per heavy atom. The maximum atomic E-state index is 10.1. The molecule has 4 heteroatoms. The number of aliphatic imine (C=N–C) groups is 2. The number of unbranched alkanes of at least 4 members (excludes halogenated alkanes) is 1. The van der Waals surface area contributed by atoms with Gasteiger partial charge in [-0.1, -0.05) is 33.6 Å². The van der Waals surface area contributed by atoms with E-state index in [-0.39, 0.29) is 0 Å². The standard InChI is InChI=1S/C13H22N2O2/c1-4-5-8-13(2,3)9-6-7-12(14-10-16)15-11-17/h12H,4-9H2,1-3H3. The van der Waals surface area contributed by atoms with Gasteiger partial charge < -0.3 is 0 Å². The summed E-state index contributed by atoms with van der Waals surface area (Å²) in [7, 11) is 0. The van der Waals surface area contributed by atoms with Crippen molar-refractivity contribution in [3.8, 4) is 0 Å². The summed E-state index contributed by atoms with van der Waals surface area (Å²) in [4.78, 5) is 27.1. The molecular weight excluding hydrogens is 216 g/mol. The first kappa shape index (κ1) is 15.8. The average molecular weight is 238 g/mol. The second-order valence-electron chi connectivity index (χ2n) is 5.08. The lowest BCUT2D eigenvalue weighted by Gasteiger charge is -2.24. The van der Waals surface area contributed by atoms with E-state index in [1.165, 1.54) is 31.4 Å². The summed E-state index contributed by atoms with van der Waals surface area (Å²) in [6, 6.07) is 0. The first-order valence-electron chi connectivity index (χ1n) is 6.19. The molecule has 0 rings (SSSR count). The normalized spacial score (nSPS) is 12.4. The second kappa shape index (κ2) is 8.86. The van der Waals surface area contributed by atoms with Crippen LogP contribution in [0.15, 0.2) is 9.98 Å². The van der Waals surface area contributed by atoms with Crippen molar-refractivity contribution in [3.05, 3.63) is 0 Å². The van der Waals surface area contributed by atoms with Crippen molar-refractivity contribution in [1.82, 2.24) is 0 Å². The minimum atomic E-state index is -0.591. The van der Waals surface area contributed by atoms with Gasteiger partial charge in [0.25, 0.3) is 0 Å². The van der Waals surface area contributed by atoms with Gasteiger partial charge in [0.15, 0.2) is 6.17 Å². The highest BCUT2D eigenvalue weighted by Gasteiger charge is 2.17. The van der Waals surface area contributed by atoms with Gasteiger partial charge in [-0.2, -0.15) is 9.98 Å². The van der Waals surface area contributed by atoms with E-state index in [1.807, 2.05) is 0 Å². The zero-order valence-electron chi connectivity index (χ0n) is 11.0. The minimum absolute atomic E-state index is 0.302. The number of isocyanates is 2. The van der Waals surface area contributed by atoms with Gasteiger partial charge in [0.05, 0.1) is 0 Å². The average Bonchev–Trinajstić information content (AvgIpc) is 2.27. The Balaban J connectivity index is 4.02. The van der Waals surface area contributed by atoms with Gasteiger partial charge in [-0.25, -0.2) is 9.59 Å². The van der Waals surface area contributed by atoms with E-state index < -0.39 is 6.17 Å².